The van der Waals surface area contributed by atoms with E-state index < -0.39 is 0 Å². The highest BCUT2D eigenvalue weighted by Crippen LogP contribution is 2.24. The van der Waals surface area contributed by atoms with Gasteiger partial charge in [-0.25, -0.2) is 0 Å². The molecule has 2 aromatic carbocycles. The molecule has 1 unspecified atom stereocenters. The highest BCUT2D eigenvalue weighted by atomic mass is 35.5. The normalized spacial score (nSPS) is 11.8. The van der Waals surface area contributed by atoms with Crippen molar-refractivity contribution in [1.29, 1.82) is 0 Å². The van der Waals surface area contributed by atoms with Crippen LogP contribution in [-0.4, -0.2) is 26.7 Å². The number of carbonyl (C=O) groups is 1. The molecule has 2 aromatic rings. The van der Waals surface area contributed by atoms with Crippen LogP contribution >= 0.6 is 11.6 Å². The van der Waals surface area contributed by atoms with E-state index in [9.17, 15) is 4.79 Å². The zero-order valence-corrected chi connectivity index (χ0v) is 13.3. The fourth-order valence-corrected chi connectivity index (χ4v) is 2.34. The van der Waals surface area contributed by atoms with E-state index >= 15 is 0 Å². The monoisotopic (exact) mass is 319 g/mol. The molecule has 1 amide bonds. The van der Waals surface area contributed by atoms with Crippen LogP contribution in [0.1, 0.15) is 22.0 Å². The second-order valence-corrected chi connectivity index (χ2v) is 5.09. The highest BCUT2D eigenvalue weighted by Gasteiger charge is 2.15. The van der Waals surface area contributed by atoms with Crippen LogP contribution in [0.4, 0.5) is 0 Å². The van der Waals surface area contributed by atoms with E-state index in [1.807, 2.05) is 18.2 Å². The third-order valence-corrected chi connectivity index (χ3v) is 3.68. The Morgan fingerprint density at radius 2 is 1.82 bits per heavy atom. The second kappa shape index (κ2) is 7.82. The van der Waals surface area contributed by atoms with Crippen LogP contribution in [0.25, 0.3) is 0 Å². The van der Waals surface area contributed by atoms with Crippen molar-refractivity contribution in [3.8, 4) is 5.75 Å². The third-order valence-electron chi connectivity index (χ3n) is 3.34. The van der Waals surface area contributed by atoms with Gasteiger partial charge in [-0.3, -0.25) is 4.79 Å². The Balaban J connectivity index is 2.00. The molecule has 5 heteroatoms. The van der Waals surface area contributed by atoms with Crippen molar-refractivity contribution in [2.75, 3.05) is 20.8 Å². The molecule has 0 aliphatic heterocycles. The third kappa shape index (κ3) is 4.00. The molecule has 116 valence electrons. The van der Waals surface area contributed by atoms with Gasteiger partial charge < -0.3 is 14.8 Å². The summed E-state index contributed by atoms with van der Waals surface area (Å²) in [6.45, 7) is 0.338. The SMILES string of the molecule is COc1ccc(C(=O)NCC(OC)c2ccccc2Cl)cc1. The molecule has 2 rings (SSSR count). The van der Waals surface area contributed by atoms with Crippen LogP contribution < -0.4 is 10.1 Å². The van der Waals surface area contributed by atoms with Gasteiger partial charge in [-0.2, -0.15) is 0 Å². The van der Waals surface area contributed by atoms with Crippen molar-refractivity contribution in [3.05, 3.63) is 64.7 Å². The molecular formula is C17H18ClNO3. The summed E-state index contributed by atoms with van der Waals surface area (Å²) in [6, 6.07) is 14.3. The molecule has 0 saturated carbocycles. The van der Waals surface area contributed by atoms with Gasteiger partial charge in [-0.05, 0) is 30.3 Å². The van der Waals surface area contributed by atoms with Gasteiger partial charge in [-0.1, -0.05) is 29.8 Å². The number of hydrogen-bond donors (Lipinski definition) is 1. The van der Waals surface area contributed by atoms with Gasteiger partial charge in [0, 0.05) is 29.8 Å². The number of halogens is 1. The van der Waals surface area contributed by atoms with Crippen molar-refractivity contribution in [2.24, 2.45) is 0 Å². The Kier molecular flexibility index (Phi) is 5.81. The maximum atomic E-state index is 12.1. The molecular weight excluding hydrogens is 302 g/mol. The molecule has 1 N–H and O–H groups in total. The summed E-state index contributed by atoms with van der Waals surface area (Å²) >= 11 is 6.16. The van der Waals surface area contributed by atoms with Crippen LogP contribution in [0.15, 0.2) is 48.5 Å². The lowest BCUT2D eigenvalue weighted by Gasteiger charge is -2.17. The smallest absolute Gasteiger partial charge is 0.251 e. The molecule has 0 heterocycles. The summed E-state index contributed by atoms with van der Waals surface area (Å²) in [5, 5.41) is 3.47. The van der Waals surface area contributed by atoms with Crippen LogP contribution in [0.2, 0.25) is 5.02 Å². The van der Waals surface area contributed by atoms with Crippen LogP contribution in [0.5, 0.6) is 5.75 Å². The van der Waals surface area contributed by atoms with E-state index in [1.54, 1.807) is 44.6 Å². The number of methoxy groups -OCH3 is 2. The molecule has 0 bridgehead atoms. The number of hydrogen-bond acceptors (Lipinski definition) is 3. The van der Waals surface area contributed by atoms with Crippen molar-refractivity contribution >= 4 is 17.5 Å². The Morgan fingerprint density at radius 1 is 1.14 bits per heavy atom. The molecule has 4 nitrogen and oxygen atoms in total. The van der Waals surface area contributed by atoms with Crippen molar-refractivity contribution in [3.63, 3.8) is 0 Å². The molecule has 0 saturated heterocycles. The van der Waals surface area contributed by atoms with E-state index in [0.29, 0.717) is 22.9 Å². The Morgan fingerprint density at radius 3 is 2.41 bits per heavy atom. The summed E-state index contributed by atoms with van der Waals surface area (Å²) in [4.78, 5) is 12.1. The lowest BCUT2D eigenvalue weighted by atomic mass is 10.1. The Hall–Kier alpha value is -2.04. The molecule has 22 heavy (non-hydrogen) atoms. The minimum absolute atomic E-state index is 0.170. The number of ether oxygens (including phenoxy) is 2. The Labute approximate surface area is 135 Å². The fourth-order valence-electron chi connectivity index (χ4n) is 2.09. The summed E-state index contributed by atoms with van der Waals surface area (Å²) < 4.78 is 10.5. The molecule has 0 aromatic heterocycles. The maximum absolute atomic E-state index is 12.1. The number of rotatable bonds is 6. The molecule has 0 radical (unpaired) electrons. The van der Waals surface area contributed by atoms with E-state index in [4.69, 9.17) is 21.1 Å². The first-order valence-corrected chi connectivity index (χ1v) is 7.23. The van der Waals surface area contributed by atoms with E-state index in [0.717, 1.165) is 5.56 Å². The van der Waals surface area contributed by atoms with E-state index in [2.05, 4.69) is 5.32 Å². The summed E-state index contributed by atoms with van der Waals surface area (Å²) in [5.74, 6) is 0.541. The first kappa shape index (κ1) is 16.3. The number of amides is 1. The Bertz CT molecular complexity index is 628. The molecule has 0 aliphatic rings. The quantitative estimate of drug-likeness (QED) is 0.887. The van der Waals surface area contributed by atoms with Gasteiger partial charge in [0.05, 0.1) is 7.11 Å². The number of benzene rings is 2. The average Bonchev–Trinajstić information content (AvgIpc) is 2.56. The predicted molar refractivity (Wildman–Crippen MR) is 86.5 cm³/mol. The van der Waals surface area contributed by atoms with E-state index in [1.165, 1.54) is 0 Å². The molecule has 0 aliphatic carbocycles. The molecule has 0 fully saturated rings. The van der Waals surface area contributed by atoms with Gasteiger partial charge in [0.25, 0.3) is 5.91 Å². The summed E-state index contributed by atoms with van der Waals surface area (Å²) in [7, 11) is 3.18. The topological polar surface area (TPSA) is 47.6 Å². The van der Waals surface area contributed by atoms with Crippen molar-refractivity contribution in [2.45, 2.75) is 6.10 Å². The zero-order chi connectivity index (χ0) is 15.9. The van der Waals surface area contributed by atoms with Gasteiger partial charge in [0.15, 0.2) is 0 Å². The predicted octanol–water partition coefficient (Wildman–Crippen LogP) is 3.47. The van der Waals surface area contributed by atoms with Crippen LogP contribution in [0.3, 0.4) is 0 Å². The van der Waals surface area contributed by atoms with Crippen LogP contribution in [-0.2, 0) is 4.74 Å². The van der Waals surface area contributed by atoms with Crippen molar-refractivity contribution in [1.82, 2.24) is 5.32 Å². The maximum Gasteiger partial charge on any atom is 0.251 e. The summed E-state index contributed by atoms with van der Waals surface area (Å²) in [5.41, 5.74) is 1.41. The molecule has 0 spiro atoms. The second-order valence-electron chi connectivity index (χ2n) is 4.68. The lowest BCUT2D eigenvalue weighted by Crippen LogP contribution is -2.29. The number of carbonyl (C=O) groups excluding carboxylic acids is 1. The minimum atomic E-state index is -0.295. The zero-order valence-electron chi connectivity index (χ0n) is 12.5. The van der Waals surface area contributed by atoms with Gasteiger partial charge >= 0.3 is 0 Å². The van der Waals surface area contributed by atoms with Gasteiger partial charge in [0.2, 0.25) is 0 Å². The summed E-state index contributed by atoms with van der Waals surface area (Å²) in [6.07, 6.45) is -0.295. The lowest BCUT2D eigenvalue weighted by molar-refractivity contribution is 0.0828. The first-order chi connectivity index (χ1) is 10.7. The fraction of sp³-hybridized carbons (Fsp3) is 0.235. The van der Waals surface area contributed by atoms with E-state index in [-0.39, 0.29) is 12.0 Å². The number of nitrogens with one attached hydrogen (secondary N) is 1. The minimum Gasteiger partial charge on any atom is -0.497 e. The average molecular weight is 320 g/mol. The van der Waals surface area contributed by atoms with Gasteiger partial charge in [-0.15, -0.1) is 0 Å². The van der Waals surface area contributed by atoms with Gasteiger partial charge in [0.1, 0.15) is 11.9 Å². The van der Waals surface area contributed by atoms with Crippen molar-refractivity contribution < 1.29 is 14.3 Å². The standard InChI is InChI=1S/C17H18ClNO3/c1-21-13-9-7-12(8-10-13)17(20)19-11-16(22-2)14-5-3-4-6-15(14)18/h3-10,16H,11H2,1-2H3,(H,19,20). The largest absolute Gasteiger partial charge is 0.497 e. The first-order valence-electron chi connectivity index (χ1n) is 6.85. The van der Waals surface area contributed by atoms with Crippen LogP contribution in [0, 0.1) is 0 Å². The molecule has 1 atom stereocenters. The highest BCUT2D eigenvalue weighted by molar-refractivity contribution is 6.31.